The lowest BCUT2D eigenvalue weighted by Gasteiger charge is -2.13. The maximum Gasteiger partial charge on any atom is 0.395 e. The molecule has 26 heavy (non-hydrogen) atoms. The van der Waals surface area contributed by atoms with Gasteiger partial charge < -0.3 is 19.6 Å². The summed E-state index contributed by atoms with van der Waals surface area (Å²) in [6.07, 6.45) is 2.92. The van der Waals surface area contributed by atoms with Crippen LogP contribution in [0.4, 0.5) is 5.69 Å². The van der Waals surface area contributed by atoms with Gasteiger partial charge in [0.1, 0.15) is 5.82 Å². The molecular formula is C16H16ClN3O6. The minimum atomic E-state index is -1.05. The fourth-order valence-corrected chi connectivity index (χ4v) is 2.40. The molecule has 1 aromatic heterocycles. The number of ether oxygens (including phenoxy) is 2. The quantitative estimate of drug-likeness (QED) is 0.557. The van der Waals surface area contributed by atoms with E-state index in [2.05, 4.69) is 9.97 Å². The van der Waals surface area contributed by atoms with Gasteiger partial charge in [-0.15, -0.1) is 0 Å². The zero-order chi connectivity index (χ0) is 19.3. The third-order valence-corrected chi connectivity index (χ3v) is 3.41. The summed E-state index contributed by atoms with van der Waals surface area (Å²) >= 11 is 6.21. The van der Waals surface area contributed by atoms with Crippen LogP contribution in [0.25, 0.3) is 12.2 Å². The molecule has 1 aromatic carbocycles. The van der Waals surface area contributed by atoms with Gasteiger partial charge in [0.2, 0.25) is 0 Å². The largest absolute Gasteiger partial charge is 0.490 e. The van der Waals surface area contributed by atoms with E-state index < -0.39 is 22.0 Å². The second kappa shape index (κ2) is 8.34. The second-order valence-corrected chi connectivity index (χ2v) is 5.32. The normalized spacial score (nSPS) is 10.9. The molecule has 0 unspecified atom stereocenters. The van der Waals surface area contributed by atoms with E-state index in [9.17, 15) is 20.0 Å². The Morgan fingerprint density at radius 1 is 1.31 bits per heavy atom. The molecule has 0 saturated carbocycles. The molecule has 2 N–H and O–H groups in total. The van der Waals surface area contributed by atoms with Crippen molar-refractivity contribution in [2.45, 2.75) is 13.8 Å². The second-order valence-electron chi connectivity index (χ2n) is 4.91. The van der Waals surface area contributed by atoms with Gasteiger partial charge in [0.15, 0.2) is 11.5 Å². The highest BCUT2D eigenvalue weighted by atomic mass is 35.5. The third-order valence-electron chi connectivity index (χ3n) is 3.13. The Morgan fingerprint density at radius 3 is 2.58 bits per heavy atom. The average molecular weight is 382 g/mol. The molecule has 2 aromatic rings. The lowest BCUT2D eigenvalue weighted by molar-refractivity contribution is -0.387. The summed E-state index contributed by atoms with van der Waals surface area (Å²) in [5.74, 6) is -0.138. The Hall–Kier alpha value is -3.07. The maximum atomic E-state index is 11.6. The first-order valence-electron chi connectivity index (χ1n) is 7.62. The Balaban J connectivity index is 2.39. The van der Waals surface area contributed by atoms with E-state index in [0.717, 1.165) is 0 Å². The van der Waals surface area contributed by atoms with Gasteiger partial charge in [-0.2, -0.15) is 4.98 Å². The first-order valence-corrected chi connectivity index (χ1v) is 8.00. The van der Waals surface area contributed by atoms with Crippen LogP contribution in [0.5, 0.6) is 17.4 Å². The van der Waals surface area contributed by atoms with E-state index in [1.54, 1.807) is 18.2 Å². The van der Waals surface area contributed by atoms with E-state index in [4.69, 9.17) is 21.1 Å². The van der Waals surface area contributed by atoms with Crippen molar-refractivity contribution in [3.05, 3.63) is 49.0 Å². The highest BCUT2D eigenvalue weighted by molar-refractivity contribution is 6.32. The van der Waals surface area contributed by atoms with Crippen LogP contribution in [0.15, 0.2) is 16.9 Å². The van der Waals surface area contributed by atoms with Crippen molar-refractivity contribution in [3.63, 3.8) is 0 Å². The predicted octanol–water partition coefficient (Wildman–Crippen LogP) is 3.00. The van der Waals surface area contributed by atoms with Crippen molar-refractivity contribution in [1.82, 2.24) is 9.97 Å². The summed E-state index contributed by atoms with van der Waals surface area (Å²) in [5, 5.41) is 20.5. The number of rotatable bonds is 7. The molecule has 0 spiro atoms. The molecule has 138 valence electrons. The van der Waals surface area contributed by atoms with Crippen molar-refractivity contribution in [2.24, 2.45) is 0 Å². The van der Waals surface area contributed by atoms with Gasteiger partial charge in [-0.3, -0.25) is 14.9 Å². The highest BCUT2D eigenvalue weighted by Gasteiger charge is 2.21. The van der Waals surface area contributed by atoms with Crippen LogP contribution in [-0.4, -0.2) is 33.2 Å². The van der Waals surface area contributed by atoms with Gasteiger partial charge >= 0.3 is 11.2 Å². The minimum absolute atomic E-state index is 0.0546. The van der Waals surface area contributed by atoms with E-state index in [0.29, 0.717) is 35.3 Å². The smallest absolute Gasteiger partial charge is 0.395 e. The fraction of sp³-hybridized carbons (Fsp3) is 0.250. The lowest BCUT2D eigenvalue weighted by atomic mass is 10.2. The SMILES string of the molecule is CCOc1cc(/C=C\c2nc(O)c([N+](=O)[O-])c(=O)[nH]2)cc(Cl)c1OCC. The molecule has 0 aliphatic carbocycles. The van der Waals surface area contributed by atoms with Crippen LogP contribution in [0, 0.1) is 10.1 Å². The molecule has 0 saturated heterocycles. The Bertz CT molecular complexity index is 910. The van der Waals surface area contributed by atoms with Crippen molar-refractivity contribution in [3.8, 4) is 17.4 Å². The molecule has 0 radical (unpaired) electrons. The Labute approximate surface area is 153 Å². The molecule has 0 aliphatic heterocycles. The summed E-state index contributed by atoms with van der Waals surface area (Å²) in [4.78, 5) is 27.1. The van der Waals surface area contributed by atoms with Gasteiger partial charge in [0.25, 0.3) is 5.88 Å². The van der Waals surface area contributed by atoms with Gasteiger partial charge in [-0.25, -0.2) is 0 Å². The number of benzene rings is 1. The number of aromatic hydroxyl groups is 1. The zero-order valence-electron chi connectivity index (χ0n) is 14.0. The Kier molecular flexibility index (Phi) is 6.18. The molecule has 2 rings (SSSR count). The number of halogens is 1. The molecule has 0 aliphatic rings. The summed E-state index contributed by atoms with van der Waals surface area (Å²) in [5.41, 5.74) is -1.45. The number of aromatic nitrogens is 2. The molecule has 10 heteroatoms. The maximum absolute atomic E-state index is 11.6. The van der Waals surface area contributed by atoms with Crippen molar-refractivity contribution >= 4 is 29.4 Å². The van der Waals surface area contributed by atoms with E-state index in [1.807, 2.05) is 13.8 Å². The number of nitrogens with zero attached hydrogens (tertiary/aromatic N) is 2. The summed E-state index contributed by atoms with van der Waals surface area (Å²) < 4.78 is 11.0. The summed E-state index contributed by atoms with van der Waals surface area (Å²) in [7, 11) is 0. The number of hydrogen-bond donors (Lipinski definition) is 2. The minimum Gasteiger partial charge on any atom is -0.490 e. The van der Waals surface area contributed by atoms with Crippen molar-refractivity contribution in [1.29, 1.82) is 0 Å². The first kappa shape index (κ1) is 19.3. The van der Waals surface area contributed by atoms with Crippen LogP contribution in [-0.2, 0) is 0 Å². The monoisotopic (exact) mass is 381 g/mol. The third kappa shape index (κ3) is 4.31. The molecule has 0 amide bonds. The fourth-order valence-electron chi connectivity index (χ4n) is 2.12. The van der Waals surface area contributed by atoms with E-state index in [-0.39, 0.29) is 5.82 Å². The number of nitro groups is 1. The number of aromatic amines is 1. The van der Waals surface area contributed by atoms with Crippen LogP contribution >= 0.6 is 11.6 Å². The predicted molar refractivity (Wildman–Crippen MR) is 95.9 cm³/mol. The van der Waals surface area contributed by atoms with Crippen LogP contribution < -0.4 is 15.0 Å². The zero-order valence-corrected chi connectivity index (χ0v) is 14.7. The van der Waals surface area contributed by atoms with E-state index in [1.165, 1.54) is 6.08 Å². The average Bonchev–Trinajstić information content (AvgIpc) is 2.55. The first-order chi connectivity index (χ1) is 12.4. The number of H-pyrrole nitrogens is 1. The molecule has 0 fully saturated rings. The molecule has 0 atom stereocenters. The lowest BCUT2D eigenvalue weighted by Crippen LogP contribution is -2.14. The molecule has 1 heterocycles. The molecule has 0 bridgehead atoms. The molecule has 9 nitrogen and oxygen atoms in total. The summed E-state index contributed by atoms with van der Waals surface area (Å²) in [6.45, 7) is 4.47. The van der Waals surface area contributed by atoms with Crippen LogP contribution in [0.2, 0.25) is 5.02 Å². The van der Waals surface area contributed by atoms with Crippen LogP contribution in [0.1, 0.15) is 25.2 Å². The van der Waals surface area contributed by atoms with Crippen molar-refractivity contribution < 1.29 is 19.5 Å². The van der Waals surface area contributed by atoms with Gasteiger partial charge in [0, 0.05) is 0 Å². The molecular weight excluding hydrogens is 366 g/mol. The Morgan fingerprint density at radius 2 is 2.00 bits per heavy atom. The van der Waals surface area contributed by atoms with Gasteiger partial charge in [0.05, 0.1) is 23.2 Å². The van der Waals surface area contributed by atoms with Gasteiger partial charge in [-0.05, 0) is 37.6 Å². The number of hydrogen-bond acceptors (Lipinski definition) is 7. The summed E-state index contributed by atoms with van der Waals surface area (Å²) in [6, 6.07) is 3.30. The van der Waals surface area contributed by atoms with Gasteiger partial charge in [-0.1, -0.05) is 17.7 Å². The standard InChI is InChI=1S/C16H16ClN3O6/c1-3-25-11-8-9(7-10(17)14(11)26-4-2)5-6-12-18-15(21)13(20(23)24)16(22)19-12/h5-8H,3-4H2,1-2H3,(H2,18,19,21,22)/b6-5-. The van der Waals surface area contributed by atoms with Crippen LogP contribution in [0.3, 0.4) is 0 Å². The number of nitrogens with one attached hydrogen (secondary N) is 1. The van der Waals surface area contributed by atoms with E-state index >= 15 is 0 Å². The highest BCUT2D eigenvalue weighted by Crippen LogP contribution is 2.37. The van der Waals surface area contributed by atoms with Crippen molar-refractivity contribution in [2.75, 3.05) is 13.2 Å². The topological polar surface area (TPSA) is 128 Å².